The van der Waals surface area contributed by atoms with E-state index < -0.39 is 0 Å². The predicted octanol–water partition coefficient (Wildman–Crippen LogP) is 4.30. The highest BCUT2D eigenvalue weighted by Gasteiger charge is 2.22. The summed E-state index contributed by atoms with van der Waals surface area (Å²) < 4.78 is 1.66. The van der Waals surface area contributed by atoms with Crippen molar-refractivity contribution in [2.24, 2.45) is 0 Å². The Kier molecular flexibility index (Phi) is 5.95. The molecule has 1 amide bonds. The van der Waals surface area contributed by atoms with Crippen molar-refractivity contribution in [2.45, 2.75) is 51.9 Å². The van der Waals surface area contributed by atoms with Crippen LogP contribution in [0.25, 0.3) is 15.9 Å². The van der Waals surface area contributed by atoms with Gasteiger partial charge in [-0.2, -0.15) is 0 Å². The first-order valence-electron chi connectivity index (χ1n) is 9.29. The summed E-state index contributed by atoms with van der Waals surface area (Å²) in [5.41, 5.74) is 3.84. The summed E-state index contributed by atoms with van der Waals surface area (Å²) in [6, 6.07) is 6.00. The van der Waals surface area contributed by atoms with E-state index >= 15 is 0 Å². The minimum Gasteiger partial charge on any atom is -0.355 e. The molecule has 1 aromatic carbocycles. The summed E-state index contributed by atoms with van der Waals surface area (Å²) >= 11 is 2.84. The molecule has 0 aliphatic carbocycles. The van der Waals surface area contributed by atoms with E-state index in [0.717, 1.165) is 32.1 Å². The molecule has 0 bridgehead atoms. The summed E-state index contributed by atoms with van der Waals surface area (Å²) in [7, 11) is 0. The van der Waals surface area contributed by atoms with Gasteiger partial charge in [-0.05, 0) is 58.7 Å². The summed E-state index contributed by atoms with van der Waals surface area (Å²) in [6.45, 7) is 12.3. The Bertz CT molecular complexity index is 1120. The average molecular weight is 416 g/mol. The van der Waals surface area contributed by atoms with Crippen LogP contribution in [0.4, 0.5) is 0 Å². The van der Waals surface area contributed by atoms with Crippen molar-refractivity contribution < 1.29 is 4.79 Å². The summed E-state index contributed by atoms with van der Waals surface area (Å²) in [6.07, 6.45) is 0. The first kappa shape index (κ1) is 20.6. The first-order valence-corrected chi connectivity index (χ1v) is 11.0. The first-order chi connectivity index (χ1) is 13.2. The molecular formula is C21H25N3O2S2. The third-order valence-corrected chi connectivity index (χ3v) is 6.92. The van der Waals surface area contributed by atoms with Gasteiger partial charge in [-0.15, -0.1) is 11.3 Å². The molecule has 1 N–H and O–H groups in total. The van der Waals surface area contributed by atoms with Gasteiger partial charge >= 0.3 is 0 Å². The molecule has 0 aliphatic heterocycles. The Hall–Kier alpha value is -2.12. The number of fused-ring (bicyclic) bond motifs is 1. The van der Waals surface area contributed by atoms with E-state index in [2.05, 4.69) is 11.4 Å². The molecule has 3 aromatic rings. The Morgan fingerprint density at radius 2 is 2.00 bits per heavy atom. The molecule has 7 heteroatoms. The highest BCUT2D eigenvalue weighted by Crippen LogP contribution is 2.31. The standard InChI is InChI=1S/C21H25N3O2S2/c1-7-22-18(25)15(6)28-21-23-19-17(13(4)14(5)27-19)20(26)24(21)16-9-8-11(2)10-12(16)3/h8-10,15H,7H2,1-6H3,(H,22,25)/t15-/m1/s1. The van der Waals surface area contributed by atoms with Crippen LogP contribution in [-0.4, -0.2) is 27.3 Å². The molecule has 0 aliphatic rings. The van der Waals surface area contributed by atoms with Crippen molar-refractivity contribution in [1.29, 1.82) is 0 Å². The lowest BCUT2D eigenvalue weighted by Crippen LogP contribution is -2.31. The number of hydrogen-bond acceptors (Lipinski definition) is 5. The number of thiophene rings is 1. The van der Waals surface area contributed by atoms with Gasteiger partial charge in [0, 0.05) is 11.4 Å². The van der Waals surface area contributed by atoms with E-state index in [1.807, 2.05) is 53.7 Å². The number of benzene rings is 1. The minimum atomic E-state index is -0.358. The topological polar surface area (TPSA) is 64.0 Å². The molecule has 0 saturated heterocycles. The fourth-order valence-electron chi connectivity index (χ4n) is 3.15. The van der Waals surface area contributed by atoms with Crippen LogP contribution in [0, 0.1) is 27.7 Å². The summed E-state index contributed by atoms with van der Waals surface area (Å²) in [4.78, 5) is 32.4. The fourth-order valence-corrected chi connectivity index (χ4v) is 5.17. The molecule has 2 heterocycles. The molecule has 148 valence electrons. The van der Waals surface area contributed by atoms with E-state index in [-0.39, 0.29) is 16.7 Å². The van der Waals surface area contributed by atoms with E-state index in [9.17, 15) is 9.59 Å². The highest BCUT2D eigenvalue weighted by atomic mass is 32.2. The number of nitrogens with one attached hydrogen (secondary N) is 1. The van der Waals surface area contributed by atoms with Crippen LogP contribution >= 0.6 is 23.1 Å². The number of amides is 1. The van der Waals surface area contributed by atoms with Crippen molar-refractivity contribution >= 4 is 39.2 Å². The molecule has 3 rings (SSSR count). The number of aromatic nitrogens is 2. The van der Waals surface area contributed by atoms with Crippen LogP contribution in [0.2, 0.25) is 0 Å². The molecule has 0 unspecified atom stereocenters. The normalized spacial score (nSPS) is 12.4. The molecule has 0 saturated carbocycles. The maximum absolute atomic E-state index is 13.5. The fraction of sp³-hybridized carbons (Fsp3) is 0.381. The van der Waals surface area contributed by atoms with Crippen LogP contribution < -0.4 is 10.9 Å². The average Bonchev–Trinajstić information content (AvgIpc) is 2.91. The van der Waals surface area contributed by atoms with Gasteiger partial charge in [0.25, 0.3) is 5.56 Å². The zero-order valence-corrected chi connectivity index (χ0v) is 18.7. The third-order valence-electron chi connectivity index (χ3n) is 4.77. The Balaban J connectivity index is 2.26. The van der Waals surface area contributed by atoms with Crippen molar-refractivity contribution in [2.75, 3.05) is 6.54 Å². The SMILES string of the molecule is CCNC(=O)[C@@H](C)Sc1nc2sc(C)c(C)c2c(=O)n1-c1ccc(C)cc1C. The van der Waals surface area contributed by atoms with Crippen molar-refractivity contribution in [1.82, 2.24) is 14.9 Å². The number of rotatable bonds is 5. The van der Waals surface area contributed by atoms with Gasteiger partial charge in [-0.25, -0.2) is 4.98 Å². The lowest BCUT2D eigenvalue weighted by atomic mass is 10.1. The smallest absolute Gasteiger partial charge is 0.267 e. The molecule has 0 spiro atoms. The number of hydrogen-bond donors (Lipinski definition) is 1. The summed E-state index contributed by atoms with van der Waals surface area (Å²) in [5, 5.41) is 3.69. The largest absolute Gasteiger partial charge is 0.355 e. The van der Waals surface area contributed by atoms with Gasteiger partial charge in [-0.3, -0.25) is 14.2 Å². The zero-order valence-electron chi connectivity index (χ0n) is 17.0. The third kappa shape index (κ3) is 3.73. The molecular weight excluding hydrogens is 390 g/mol. The number of carbonyl (C=O) groups is 1. The van der Waals surface area contributed by atoms with Gasteiger partial charge in [0.15, 0.2) is 5.16 Å². The Labute approximate surface area is 173 Å². The maximum Gasteiger partial charge on any atom is 0.267 e. The number of thioether (sulfide) groups is 1. The molecule has 0 fully saturated rings. The second-order valence-electron chi connectivity index (χ2n) is 6.94. The van der Waals surface area contributed by atoms with Gasteiger partial charge in [0.1, 0.15) is 4.83 Å². The molecule has 28 heavy (non-hydrogen) atoms. The number of carbonyl (C=O) groups excluding carboxylic acids is 1. The second-order valence-corrected chi connectivity index (χ2v) is 9.45. The molecule has 1 atom stereocenters. The Morgan fingerprint density at radius 1 is 1.29 bits per heavy atom. The van der Waals surface area contributed by atoms with Crippen molar-refractivity contribution in [3.63, 3.8) is 0 Å². The Morgan fingerprint density at radius 3 is 2.64 bits per heavy atom. The minimum absolute atomic E-state index is 0.0624. The van der Waals surface area contributed by atoms with E-state index in [0.29, 0.717) is 17.1 Å². The lowest BCUT2D eigenvalue weighted by molar-refractivity contribution is -0.120. The zero-order chi connectivity index (χ0) is 20.6. The van der Waals surface area contributed by atoms with E-state index in [1.54, 1.807) is 4.57 Å². The van der Waals surface area contributed by atoms with Crippen LogP contribution in [0.15, 0.2) is 28.2 Å². The summed E-state index contributed by atoms with van der Waals surface area (Å²) in [5.74, 6) is -0.0624. The van der Waals surface area contributed by atoms with E-state index in [4.69, 9.17) is 4.98 Å². The van der Waals surface area contributed by atoms with Crippen LogP contribution in [0.1, 0.15) is 35.4 Å². The van der Waals surface area contributed by atoms with E-state index in [1.165, 1.54) is 23.1 Å². The molecule has 0 radical (unpaired) electrons. The molecule has 5 nitrogen and oxygen atoms in total. The molecule has 2 aromatic heterocycles. The monoisotopic (exact) mass is 415 g/mol. The number of nitrogens with zero attached hydrogens (tertiary/aromatic N) is 2. The van der Waals surface area contributed by atoms with Gasteiger partial charge in [0.05, 0.1) is 16.3 Å². The van der Waals surface area contributed by atoms with Gasteiger partial charge < -0.3 is 5.32 Å². The van der Waals surface area contributed by atoms with Crippen molar-refractivity contribution in [3.8, 4) is 5.69 Å². The maximum atomic E-state index is 13.5. The van der Waals surface area contributed by atoms with Crippen LogP contribution in [0.3, 0.4) is 0 Å². The lowest BCUT2D eigenvalue weighted by Gasteiger charge is -2.17. The quantitative estimate of drug-likeness (QED) is 0.498. The van der Waals surface area contributed by atoms with Crippen LogP contribution in [0.5, 0.6) is 0 Å². The second kappa shape index (κ2) is 8.09. The van der Waals surface area contributed by atoms with Crippen molar-refractivity contribution in [3.05, 3.63) is 50.1 Å². The van der Waals surface area contributed by atoms with Gasteiger partial charge in [0.2, 0.25) is 5.91 Å². The number of aryl methyl sites for hydroxylation is 4. The highest BCUT2D eigenvalue weighted by molar-refractivity contribution is 8.00. The van der Waals surface area contributed by atoms with Crippen LogP contribution in [-0.2, 0) is 4.79 Å². The van der Waals surface area contributed by atoms with Gasteiger partial charge in [-0.1, -0.05) is 29.5 Å². The predicted molar refractivity (Wildman–Crippen MR) is 118 cm³/mol.